The maximum atomic E-state index is 11.9. The Hall–Kier alpha value is -1.88. The molecule has 20 heavy (non-hydrogen) atoms. The Bertz CT molecular complexity index is 459. The molecule has 1 unspecified atom stereocenters. The first-order chi connectivity index (χ1) is 9.54. The third-order valence-corrected chi connectivity index (χ3v) is 3.02. The van der Waals surface area contributed by atoms with Crippen LogP contribution < -0.4 is 5.32 Å². The third-order valence-electron chi connectivity index (χ3n) is 3.02. The van der Waals surface area contributed by atoms with Crippen LogP contribution in [-0.2, 0) is 16.1 Å². The van der Waals surface area contributed by atoms with E-state index in [1.807, 2.05) is 12.1 Å². The van der Waals surface area contributed by atoms with Gasteiger partial charge in [-0.2, -0.15) is 0 Å². The molecule has 1 atom stereocenters. The summed E-state index contributed by atoms with van der Waals surface area (Å²) in [5.74, 6) is -1.33. The molecule has 1 aromatic carbocycles. The van der Waals surface area contributed by atoms with Gasteiger partial charge in [0, 0.05) is 19.2 Å². The third kappa shape index (κ3) is 5.40. The topological polar surface area (TPSA) is 75.6 Å². The number of hydrogen-bond donors (Lipinski definition) is 2. The summed E-state index contributed by atoms with van der Waals surface area (Å²) in [6.07, 6.45) is 1.20. The molecule has 0 radical (unpaired) electrons. The van der Waals surface area contributed by atoms with Crippen LogP contribution in [0.5, 0.6) is 0 Å². The standard InChI is InChI=1S/C15H21NO4/c1-11(15(18)19)5-4-8-16-14(17)13-7-3-6-12(9-13)10-20-2/h3,6-7,9,11H,4-5,8,10H2,1-2H3,(H,16,17)(H,18,19). The number of carbonyl (C=O) groups is 2. The minimum Gasteiger partial charge on any atom is -0.481 e. The minimum atomic E-state index is -0.802. The summed E-state index contributed by atoms with van der Waals surface area (Å²) in [5.41, 5.74) is 1.53. The SMILES string of the molecule is COCc1cccc(C(=O)NCCCC(C)C(=O)O)c1. The predicted molar refractivity (Wildman–Crippen MR) is 75.5 cm³/mol. The molecule has 2 N–H and O–H groups in total. The molecule has 0 fully saturated rings. The van der Waals surface area contributed by atoms with Gasteiger partial charge in [-0.1, -0.05) is 19.1 Å². The first-order valence-electron chi connectivity index (χ1n) is 6.63. The first kappa shape index (κ1) is 16.2. The summed E-state index contributed by atoms with van der Waals surface area (Å²) in [7, 11) is 1.61. The van der Waals surface area contributed by atoms with Crippen LogP contribution in [0.3, 0.4) is 0 Å². The molecule has 1 aromatic rings. The average Bonchev–Trinajstić information content (AvgIpc) is 2.43. The summed E-state index contributed by atoms with van der Waals surface area (Å²) >= 11 is 0. The number of rotatable bonds is 8. The predicted octanol–water partition coefficient (Wildman–Crippen LogP) is 2.06. The van der Waals surface area contributed by atoms with Gasteiger partial charge in [-0.3, -0.25) is 9.59 Å². The van der Waals surface area contributed by atoms with E-state index in [2.05, 4.69) is 5.32 Å². The molecule has 0 aliphatic rings. The van der Waals surface area contributed by atoms with Crippen molar-refractivity contribution in [2.75, 3.05) is 13.7 Å². The van der Waals surface area contributed by atoms with E-state index in [4.69, 9.17) is 9.84 Å². The van der Waals surface area contributed by atoms with Gasteiger partial charge in [-0.05, 0) is 30.5 Å². The first-order valence-corrected chi connectivity index (χ1v) is 6.63. The Morgan fingerprint density at radius 1 is 1.40 bits per heavy atom. The van der Waals surface area contributed by atoms with Gasteiger partial charge in [-0.25, -0.2) is 0 Å². The number of carboxylic acid groups (broad SMARTS) is 1. The van der Waals surface area contributed by atoms with Crippen LogP contribution in [-0.4, -0.2) is 30.6 Å². The lowest BCUT2D eigenvalue weighted by Gasteiger charge is -2.08. The number of aliphatic carboxylic acids is 1. The largest absolute Gasteiger partial charge is 0.481 e. The monoisotopic (exact) mass is 279 g/mol. The molecule has 5 nitrogen and oxygen atoms in total. The summed E-state index contributed by atoms with van der Waals surface area (Å²) in [6.45, 7) is 2.61. The molecular formula is C15H21NO4. The fourth-order valence-corrected chi connectivity index (χ4v) is 1.80. The molecule has 0 aliphatic carbocycles. The fourth-order valence-electron chi connectivity index (χ4n) is 1.80. The summed E-state index contributed by atoms with van der Waals surface area (Å²) in [5, 5.41) is 11.5. The Balaban J connectivity index is 2.39. The molecule has 0 spiro atoms. The van der Waals surface area contributed by atoms with E-state index in [9.17, 15) is 9.59 Å². The lowest BCUT2D eigenvalue weighted by Crippen LogP contribution is -2.25. The molecule has 0 aliphatic heterocycles. The van der Waals surface area contributed by atoms with Crippen LogP contribution in [0, 0.1) is 5.92 Å². The highest BCUT2D eigenvalue weighted by Gasteiger charge is 2.10. The zero-order valence-corrected chi connectivity index (χ0v) is 11.9. The highest BCUT2D eigenvalue weighted by atomic mass is 16.5. The van der Waals surface area contributed by atoms with Gasteiger partial charge in [0.1, 0.15) is 0 Å². The van der Waals surface area contributed by atoms with E-state index in [0.29, 0.717) is 31.6 Å². The van der Waals surface area contributed by atoms with Crippen molar-refractivity contribution in [3.8, 4) is 0 Å². The normalized spacial score (nSPS) is 11.9. The Labute approximate surface area is 118 Å². The maximum Gasteiger partial charge on any atom is 0.306 e. The molecule has 5 heteroatoms. The van der Waals surface area contributed by atoms with Crippen molar-refractivity contribution in [3.05, 3.63) is 35.4 Å². The van der Waals surface area contributed by atoms with E-state index in [1.54, 1.807) is 26.2 Å². The zero-order chi connectivity index (χ0) is 15.0. The quantitative estimate of drug-likeness (QED) is 0.714. The lowest BCUT2D eigenvalue weighted by atomic mass is 10.1. The molecule has 110 valence electrons. The van der Waals surface area contributed by atoms with Crippen molar-refractivity contribution < 1.29 is 19.4 Å². The van der Waals surface area contributed by atoms with Crippen LogP contribution in [0.25, 0.3) is 0 Å². The molecule has 0 saturated carbocycles. The number of hydrogen-bond acceptors (Lipinski definition) is 3. The highest BCUT2D eigenvalue weighted by Crippen LogP contribution is 2.07. The average molecular weight is 279 g/mol. The molecule has 1 amide bonds. The number of nitrogens with one attached hydrogen (secondary N) is 1. The number of methoxy groups -OCH3 is 1. The minimum absolute atomic E-state index is 0.147. The van der Waals surface area contributed by atoms with Crippen molar-refractivity contribution in [3.63, 3.8) is 0 Å². The molecule has 0 aromatic heterocycles. The van der Waals surface area contributed by atoms with Crippen molar-refractivity contribution in [2.24, 2.45) is 5.92 Å². The lowest BCUT2D eigenvalue weighted by molar-refractivity contribution is -0.141. The smallest absolute Gasteiger partial charge is 0.306 e. The van der Waals surface area contributed by atoms with Crippen molar-refractivity contribution >= 4 is 11.9 Å². The molecular weight excluding hydrogens is 258 g/mol. The van der Waals surface area contributed by atoms with Gasteiger partial charge in [-0.15, -0.1) is 0 Å². The summed E-state index contributed by atoms with van der Waals surface area (Å²) < 4.78 is 5.02. The van der Waals surface area contributed by atoms with Crippen molar-refractivity contribution in [1.82, 2.24) is 5.32 Å². The second kappa shape index (κ2) is 8.32. The van der Waals surface area contributed by atoms with Gasteiger partial charge in [0.05, 0.1) is 12.5 Å². The number of benzene rings is 1. The summed E-state index contributed by atoms with van der Waals surface area (Å²) in [6, 6.07) is 7.25. The van der Waals surface area contributed by atoms with E-state index in [-0.39, 0.29) is 11.8 Å². The Morgan fingerprint density at radius 2 is 2.15 bits per heavy atom. The number of carbonyl (C=O) groups excluding carboxylic acids is 1. The van der Waals surface area contributed by atoms with E-state index >= 15 is 0 Å². The van der Waals surface area contributed by atoms with Gasteiger partial charge in [0.2, 0.25) is 0 Å². The maximum absolute atomic E-state index is 11.9. The van der Waals surface area contributed by atoms with E-state index in [0.717, 1.165) is 5.56 Å². The summed E-state index contributed by atoms with van der Waals surface area (Å²) in [4.78, 5) is 22.6. The van der Waals surface area contributed by atoms with Crippen LogP contribution in [0.2, 0.25) is 0 Å². The highest BCUT2D eigenvalue weighted by molar-refractivity contribution is 5.94. The molecule has 0 bridgehead atoms. The number of ether oxygens (including phenoxy) is 1. The Morgan fingerprint density at radius 3 is 2.80 bits per heavy atom. The number of carboxylic acids is 1. The van der Waals surface area contributed by atoms with Gasteiger partial charge < -0.3 is 15.2 Å². The zero-order valence-electron chi connectivity index (χ0n) is 11.9. The van der Waals surface area contributed by atoms with Crippen molar-refractivity contribution in [1.29, 1.82) is 0 Å². The van der Waals surface area contributed by atoms with Crippen LogP contribution in [0.15, 0.2) is 24.3 Å². The van der Waals surface area contributed by atoms with E-state index < -0.39 is 5.97 Å². The second-order valence-corrected chi connectivity index (χ2v) is 4.77. The molecule has 0 saturated heterocycles. The van der Waals surface area contributed by atoms with Crippen molar-refractivity contribution in [2.45, 2.75) is 26.4 Å². The van der Waals surface area contributed by atoms with Gasteiger partial charge in [0.15, 0.2) is 0 Å². The van der Waals surface area contributed by atoms with E-state index in [1.165, 1.54) is 0 Å². The molecule has 1 rings (SSSR count). The van der Waals surface area contributed by atoms with Gasteiger partial charge >= 0.3 is 5.97 Å². The Kier molecular flexibility index (Phi) is 6.73. The van der Waals surface area contributed by atoms with Gasteiger partial charge in [0.25, 0.3) is 5.91 Å². The van der Waals surface area contributed by atoms with Crippen LogP contribution in [0.1, 0.15) is 35.7 Å². The second-order valence-electron chi connectivity index (χ2n) is 4.77. The molecule has 0 heterocycles. The number of amides is 1. The van der Waals surface area contributed by atoms with Crippen LogP contribution >= 0.6 is 0 Å². The fraction of sp³-hybridized carbons (Fsp3) is 0.467. The van der Waals surface area contributed by atoms with Crippen LogP contribution in [0.4, 0.5) is 0 Å².